The zero-order valence-electron chi connectivity index (χ0n) is 9.17. The van der Waals surface area contributed by atoms with Gasteiger partial charge in [-0.25, -0.2) is 8.78 Å². The van der Waals surface area contributed by atoms with Crippen LogP contribution in [0.3, 0.4) is 0 Å². The van der Waals surface area contributed by atoms with Crippen LogP contribution in [0.15, 0.2) is 12.1 Å². The van der Waals surface area contributed by atoms with Crippen LogP contribution in [0.2, 0.25) is 0 Å². The molecule has 0 bridgehead atoms. The Labute approximate surface area is 92.4 Å². The van der Waals surface area contributed by atoms with Gasteiger partial charge in [-0.3, -0.25) is 0 Å². The van der Waals surface area contributed by atoms with Gasteiger partial charge in [0.1, 0.15) is 0 Å². The lowest BCUT2D eigenvalue weighted by Crippen LogP contribution is -2.21. The zero-order chi connectivity index (χ0) is 12.2. The van der Waals surface area contributed by atoms with E-state index in [0.717, 1.165) is 6.92 Å². The summed E-state index contributed by atoms with van der Waals surface area (Å²) in [6.07, 6.45) is 0. The third kappa shape index (κ3) is 3.62. The van der Waals surface area contributed by atoms with Crippen LogP contribution in [0.25, 0.3) is 0 Å². The summed E-state index contributed by atoms with van der Waals surface area (Å²) in [6.45, 7) is 0.323. The lowest BCUT2D eigenvalue weighted by molar-refractivity contribution is -0.0243. The molecule has 90 valence electrons. The van der Waals surface area contributed by atoms with Crippen LogP contribution in [0.5, 0.6) is 11.8 Å². The van der Waals surface area contributed by atoms with Crippen molar-refractivity contribution in [3.05, 3.63) is 17.7 Å². The molecule has 0 spiro atoms. The van der Waals surface area contributed by atoms with Gasteiger partial charge >= 0.3 is 0 Å². The van der Waals surface area contributed by atoms with Gasteiger partial charge in [-0.15, -0.1) is 0 Å². The van der Waals surface area contributed by atoms with E-state index in [1.165, 1.54) is 13.2 Å². The number of halogens is 2. The van der Waals surface area contributed by atoms with Gasteiger partial charge in [0.05, 0.1) is 7.11 Å². The normalized spacial score (nSPS) is 11.3. The Kier molecular flexibility index (Phi) is 4.00. The van der Waals surface area contributed by atoms with Crippen molar-refractivity contribution >= 4 is 0 Å². The van der Waals surface area contributed by atoms with Crippen molar-refractivity contribution in [1.82, 2.24) is 4.98 Å². The van der Waals surface area contributed by atoms with E-state index in [2.05, 4.69) is 4.98 Å². The molecule has 1 aromatic rings. The number of methoxy groups -OCH3 is 1. The van der Waals surface area contributed by atoms with Crippen molar-refractivity contribution in [3.8, 4) is 11.8 Å². The molecule has 1 aromatic heterocycles. The van der Waals surface area contributed by atoms with Gasteiger partial charge in [-0.2, -0.15) is 4.98 Å². The van der Waals surface area contributed by atoms with E-state index in [0.29, 0.717) is 11.4 Å². The molecule has 4 nitrogen and oxygen atoms in total. The lowest BCUT2D eigenvalue weighted by atomic mass is 10.3. The number of alkyl halides is 2. The molecule has 0 amide bonds. The average molecular weight is 232 g/mol. The van der Waals surface area contributed by atoms with Crippen LogP contribution in [0.1, 0.15) is 12.5 Å². The molecular weight excluding hydrogens is 218 g/mol. The fourth-order valence-corrected chi connectivity index (χ4v) is 1.07. The van der Waals surface area contributed by atoms with Crippen LogP contribution < -0.4 is 15.2 Å². The maximum absolute atomic E-state index is 12.5. The molecule has 0 aliphatic carbocycles. The second-order valence-electron chi connectivity index (χ2n) is 3.38. The summed E-state index contributed by atoms with van der Waals surface area (Å²) in [7, 11) is 1.43. The first kappa shape index (κ1) is 12.6. The van der Waals surface area contributed by atoms with Crippen molar-refractivity contribution < 1.29 is 18.3 Å². The number of pyridine rings is 1. The van der Waals surface area contributed by atoms with Crippen molar-refractivity contribution in [2.75, 3.05) is 13.7 Å². The summed E-state index contributed by atoms with van der Waals surface area (Å²) in [4.78, 5) is 3.91. The maximum atomic E-state index is 12.5. The van der Waals surface area contributed by atoms with Crippen LogP contribution in [-0.2, 0) is 6.54 Å². The molecule has 0 aromatic carbocycles. The molecule has 0 radical (unpaired) electrons. The summed E-state index contributed by atoms with van der Waals surface area (Å²) < 4.78 is 34.8. The molecule has 0 fully saturated rings. The van der Waals surface area contributed by atoms with Crippen molar-refractivity contribution in [2.24, 2.45) is 5.73 Å². The summed E-state index contributed by atoms with van der Waals surface area (Å²) in [6, 6.07) is 3.12. The summed E-state index contributed by atoms with van der Waals surface area (Å²) in [5, 5.41) is 0. The minimum absolute atomic E-state index is 0.0931. The highest BCUT2D eigenvalue weighted by Gasteiger charge is 2.22. The van der Waals surface area contributed by atoms with Crippen molar-refractivity contribution in [1.29, 1.82) is 0 Å². The standard InChI is InChI=1S/C10H14F2N2O2/c1-10(11,12)6-16-8-4-3-7(5-13)9(14-8)15-2/h3-4H,5-6,13H2,1-2H3. The first-order valence-corrected chi connectivity index (χ1v) is 4.71. The Morgan fingerprint density at radius 2 is 2.12 bits per heavy atom. The summed E-state index contributed by atoms with van der Waals surface area (Å²) in [5.74, 6) is -2.50. The molecule has 0 aliphatic heterocycles. The predicted octanol–water partition coefficient (Wildman–Crippen LogP) is 1.58. The SMILES string of the molecule is COc1nc(OCC(C)(F)F)ccc1CN. The fraction of sp³-hybridized carbons (Fsp3) is 0.500. The van der Waals surface area contributed by atoms with Gasteiger partial charge in [-0.05, 0) is 6.07 Å². The first-order chi connectivity index (χ1) is 7.46. The Bertz CT molecular complexity index is 353. The number of hydrogen-bond acceptors (Lipinski definition) is 4. The highest BCUT2D eigenvalue weighted by Crippen LogP contribution is 2.21. The Morgan fingerprint density at radius 3 is 2.62 bits per heavy atom. The van der Waals surface area contributed by atoms with Crippen LogP contribution in [-0.4, -0.2) is 24.6 Å². The van der Waals surface area contributed by atoms with E-state index in [4.69, 9.17) is 15.2 Å². The van der Waals surface area contributed by atoms with E-state index < -0.39 is 12.5 Å². The number of rotatable bonds is 5. The van der Waals surface area contributed by atoms with Gasteiger partial charge in [0.2, 0.25) is 11.8 Å². The third-order valence-corrected chi connectivity index (χ3v) is 1.80. The Balaban J connectivity index is 2.75. The molecule has 2 N–H and O–H groups in total. The van der Waals surface area contributed by atoms with Gasteiger partial charge < -0.3 is 15.2 Å². The smallest absolute Gasteiger partial charge is 0.278 e. The largest absolute Gasteiger partial charge is 0.481 e. The average Bonchev–Trinajstić information content (AvgIpc) is 2.25. The predicted molar refractivity (Wildman–Crippen MR) is 54.8 cm³/mol. The fourth-order valence-electron chi connectivity index (χ4n) is 1.07. The molecule has 1 rings (SSSR count). The van der Waals surface area contributed by atoms with Gasteiger partial charge in [0.15, 0.2) is 6.61 Å². The quantitative estimate of drug-likeness (QED) is 0.837. The van der Waals surface area contributed by atoms with E-state index in [1.807, 2.05) is 0 Å². The van der Waals surface area contributed by atoms with E-state index in [-0.39, 0.29) is 12.4 Å². The zero-order valence-corrected chi connectivity index (χ0v) is 9.17. The molecule has 0 unspecified atom stereocenters. The van der Waals surface area contributed by atoms with Crippen LogP contribution in [0, 0.1) is 0 Å². The van der Waals surface area contributed by atoms with E-state index >= 15 is 0 Å². The number of nitrogens with zero attached hydrogens (tertiary/aromatic N) is 1. The Hall–Kier alpha value is -1.43. The number of nitrogens with two attached hydrogens (primary N) is 1. The Morgan fingerprint density at radius 1 is 1.44 bits per heavy atom. The minimum atomic E-state index is -2.89. The van der Waals surface area contributed by atoms with Crippen LogP contribution in [0.4, 0.5) is 8.78 Å². The molecular formula is C10H14F2N2O2. The minimum Gasteiger partial charge on any atom is -0.481 e. The molecule has 16 heavy (non-hydrogen) atoms. The molecule has 0 saturated heterocycles. The van der Waals surface area contributed by atoms with Gasteiger partial charge in [0, 0.05) is 25.1 Å². The molecule has 0 aliphatic rings. The molecule has 1 heterocycles. The van der Waals surface area contributed by atoms with Gasteiger partial charge in [0.25, 0.3) is 5.92 Å². The second kappa shape index (κ2) is 5.07. The highest BCUT2D eigenvalue weighted by atomic mass is 19.3. The maximum Gasteiger partial charge on any atom is 0.278 e. The summed E-state index contributed by atoms with van der Waals surface area (Å²) in [5.41, 5.74) is 6.13. The number of ether oxygens (including phenoxy) is 2. The van der Waals surface area contributed by atoms with Crippen LogP contribution >= 0.6 is 0 Å². The number of aromatic nitrogens is 1. The molecule has 0 atom stereocenters. The third-order valence-electron chi connectivity index (χ3n) is 1.80. The second-order valence-corrected chi connectivity index (χ2v) is 3.38. The van der Waals surface area contributed by atoms with E-state index in [1.54, 1.807) is 6.07 Å². The topological polar surface area (TPSA) is 57.4 Å². The molecule has 0 saturated carbocycles. The first-order valence-electron chi connectivity index (χ1n) is 4.71. The van der Waals surface area contributed by atoms with Crippen molar-refractivity contribution in [2.45, 2.75) is 19.4 Å². The van der Waals surface area contributed by atoms with Crippen molar-refractivity contribution in [3.63, 3.8) is 0 Å². The lowest BCUT2D eigenvalue weighted by Gasteiger charge is -2.12. The number of hydrogen-bond donors (Lipinski definition) is 1. The van der Waals surface area contributed by atoms with Gasteiger partial charge in [-0.1, -0.05) is 0 Å². The summed E-state index contributed by atoms with van der Waals surface area (Å²) >= 11 is 0. The molecule has 6 heteroatoms. The highest BCUT2D eigenvalue weighted by molar-refractivity contribution is 5.30. The van der Waals surface area contributed by atoms with E-state index in [9.17, 15) is 8.78 Å². The monoisotopic (exact) mass is 232 g/mol.